The first-order valence-corrected chi connectivity index (χ1v) is 11.0. The molecule has 2 N–H and O–H groups in total. The summed E-state index contributed by atoms with van der Waals surface area (Å²) >= 11 is 1.43. The molecule has 1 aliphatic rings. The van der Waals surface area contributed by atoms with Gasteiger partial charge in [0, 0.05) is 11.4 Å². The van der Waals surface area contributed by atoms with Gasteiger partial charge in [-0.2, -0.15) is 0 Å². The maximum Gasteiger partial charge on any atom is 0.259 e. The minimum Gasteiger partial charge on any atom is -0.352 e. The second-order valence-electron chi connectivity index (χ2n) is 7.34. The monoisotopic (exact) mass is 422 g/mol. The number of carbonyl (C=O) groups is 2. The third-order valence-electron chi connectivity index (χ3n) is 5.29. The Kier molecular flexibility index (Phi) is 6.23. The highest BCUT2D eigenvalue weighted by Crippen LogP contribution is 2.38. The maximum atomic E-state index is 14.0. The Balaban J connectivity index is 1.54. The molecule has 2 amide bonds. The van der Waals surface area contributed by atoms with E-state index in [0.29, 0.717) is 17.1 Å². The van der Waals surface area contributed by atoms with Crippen molar-refractivity contribution < 1.29 is 14.0 Å². The maximum absolute atomic E-state index is 14.0. The summed E-state index contributed by atoms with van der Waals surface area (Å²) in [6.45, 7) is 0.508. The van der Waals surface area contributed by atoms with Crippen LogP contribution in [-0.2, 0) is 19.3 Å². The molecule has 0 spiro atoms. The summed E-state index contributed by atoms with van der Waals surface area (Å²) in [6, 6.07) is 15.8. The summed E-state index contributed by atoms with van der Waals surface area (Å²) in [6.07, 6.45) is 4.55. The van der Waals surface area contributed by atoms with Crippen molar-refractivity contribution in [2.45, 2.75) is 32.1 Å². The van der Waals surface area contributed by atoms with Crippen LogP contribution >= 0.6 is 11.3 Å². The summed E-state index contributed by atoms with van der Waals surface area (Å²) in [5.41, 5.74) is 2.68. The molecule has 0 radical (unpaired) electrons. The van der Waals surface area contributed by atoms with Crippen molar-refractivity contribution in [2.24, 2.45) is 0 Å². The van der Waals surface area contributed by atoms with E-state index in [4.69, 9.17) is 0 Å². The van der Waals surface area contributed by atoms with Crippen LogP contribution < -0.4 is 10.6 Å². The molecule has 0 unspecified atom stereocenters. The molecule has 0 aliphatic heterocycles. The second kappa shape index (κ2) is 9.22. The Labute approximate surface area is 179 Å². The number of hydrogen-bond donors (Lipinski definition) is 2. The van der Waals surface area contributed by atoms with Gasteiger partial charge in [-0.05, 0) is 55.4 Å². The molecule has 0 fully saturated rings. The molecular formula is C24H23FN2O2S. The number of benzene rings is 2. The first-order valence-electron chi connectivity index (χ1n) is 10.2. The quantitative estimate of drug-likeness (QED) is 0.588. The molecule has 0 atom stereocenters. The van der Waals surface area contributed by atoms with E-state index in [9.17, 15) is 14.0 Å². The van der Waals surface area contributed by atoms with Crippen molar-refractivity contribution in [3.05, 3.63) is 87.5 Å². The molecule has 1 aliphatic carbocycles. The van der Waals surface area contributed by atoms with Crippen molar-refractivity contribution in [3.8, 4) is 0 Å². The zero-order chi connectivity index (χ0) is 20.9. The average molecular weight is 423 g/mol. The lowest BCUT2D eigenvalue weighted by Gasteiger charge is -2.13. The summed E-state index contributed by atoms with van der Waals surface area (Å²) in [4.78, 5) is 26.8. The van der Waals surface area contributed by atoms with Gasteiger partial charge in [-0.25, -0.2) is 4.39 Å². The number of fused-ring (bicyclic) bond motifs is 1. The van der Waals surface area contributed by atoms with Crippen LogP contribution in [0.3, 0.4) is 0 Å². The fourth-order valence-corrected chi connectivity index (χ4v) is 5.05. The van der Waals surface area contributed by atoms with Crippen LogP contribution in [0, 0.1) is 5.82 Å². The van der Waals surface area contributed by atoms with E-state index in [0.717, 1.165) is 48.1 Å². The molecule has 154 valence electrons. The fourth-order valence-electron chi connectivity index (χ4n) is 3.76. The van der Waals surface area contributed by atoms with Crippen molar-refractivity contribution in [1.82, 2.24) is 5.32 Å². The predicted molar refractivity (Wildman–Crippen MR) is 118 cm³/mol. The lowest BCUT2D eigenvalue weighted by atomic mass is 9.95. The minimum absolute atomic E-state index is 0.0284. The molecular weight excluding hydrogens is 399 g/mol. The van der Waals surface area contributed by atoms with Crippen LogP contribution in [0.15, 0.2) is 54.6 Å². The molecule has 1 aromatic heterocycles. The third kappa shape index (κ3) is 4.44. The zero-order valence-corrected chi connectivity index (χ0v) is 17.4. The second-order valence-corrected chi connectivity index (χ2v) is 8.45. The molecule has 3 aromatic rings. The lowest BCUT2D eigenvalue weighted by molar-refractivity contribution is 0.0954. The standard InChI is InChI=1S/C24H23FN2O2S/c25-19-12-6-4-10-17(19)22(28)27-24-21(18-11-5-7-13-20(18)30-24)23(29)26-15-14-16-8-2-1-3-9-16/h1-4,6,8-10,12H,5,7,11,13-15H2,(H,26,29)(H,27,28). The van der Waals surface area contributed by atoms with Gasteiger partial charge in [0.2, 0.25) is 0 Å². The van der Waals surface area contributed by atoms with Gasteiger partial charge < -0.3 is 10.6 Å². The summed E-state index contributed by atoms with van der Waals surface area (Å²) in [5.74, 6) is -1.30. The van der Waals surface area contributed by atoms with E-state index in [2.05, 4.69) is 10.6 Å². The van der Waals surface area contributed by atoms with Gasteiger partial charge in [0.1, 0.15) is 10.8 Å². The Bertz CT molecular complexity index is 1060. The van der Waals surface area contributed by atoms with Crippen LogP contribution in [0.25, 0.3) is 0 Å². The fraction of sp³-hybridized carbons (Fsp3) is 0.250. The van der Waals surface area contributed by atoms with Crippen molar-refractivity contribution >= 4 is 28.2 Å². The van der Waals surface area contributed by atoms with Crippen LogP contribution in [0.2, 0.25) is 0 Å². The highest BCUT2D eigenvalue weighted by molar-refractivity contribution is 7.17. The highest BCUT2D eigenvalue weighted by Gasteiger charge is 2.26. The van der Waals surface area contributed by atoms with E-state index in [1.807, 2.05) is 30.3 Å². The van der Waals surface area contributed by atoms with Gasteiger partial charge in [0.15, 0.2) is 0 Å². The Morgan fingerprint density at radius 3 is 2.47 bits per heavy atom. The number of rotatable bonds is 6. The number of thiophene rings is 1. The number of carbonyl (C=O) groups excluding carboxylic acids is 2. The smallest absolute Gasteiger partial charge is 0.259 e. The largest absolute Gasteiger partial charge is 0.352 e. The molecule has 1 heterocycles. The van der Waals surface area contributed by atoms with Gasteiger partial charge >= 0.3 is 0 Å². The minimum atomic E-state index is -0.579. The van der Waals surface area contributed by atoms with Crippen molar-refractivity contribution in [1.29, 1.82) is 0 Å². The van der Waals surface area contributed by atoms with Gasteiger partial charge in [0.05, 0.1) is 11.1 Å². The predicted octanol–water partition coefficient (Wildman–Crippen LogP) is 4.99. The SMILES string of the molecule is O=C(Nc1sc2c(c1C(=O)NCCc1ccccc1)CCCC2)c1ccccc1F. The number of amides is 2. The lowest BCUT2D eigenvalue weighted by Crippen LogP contribution is -2.28. The van der Waals surface area contributed by atoms with E-state index in [-0.39, 0.29) is 11.5 Å². The Hall–Kier alpha value is -2.99. The summed E-state index contributed by atoms with van der Waals surface area (Å²) in [5, 5.41) is 6.29. The van der Waals surface area contributed by atoms with Crippen LogP contribution in [0.4, 0.5) is 9.39 Å². The normalized spacial score (nSPS) is 12.8. The van der Waals surface area contributed by atoms with E-state index in [1.54, 1.807) is 12.1 Å². The van der Waals surface area contributed by atoms with Crippen LogP contribution in [-0.4, -0.2) is 18.4 Å². The first-order chi connectivity index (χ1) is 14.6. The van der Waals surface area contributed by atoms with Gasteiger partial charge in [0.25, 0.3) is 11.8 Å². The molecule has 2 aromatic carbocycles. The molecule has 0 bridgehead atoms. The summed E-state index contributed by atoms with van der Waals surface area (Å²) in [7, 11) is 0. The van der Waals surface area contributed by atoms with Crippen LogP contribution in [0.1, 0.15) is 49.6 Å². The molecule has 30 heavy (non-hydrogen) atoms. The number of hydrogen-bond acceptors (Lipinski definition) is 3. The zero-order valence-electron chi connectivity index (χ0n) is 16.5. The van der Waals surface area contributed by atoms with Crippen LogP contribution in [0.5, 0.6) is 0 Å². The third-order valence-corrected chi connectivity index (χ3v) is 6.49. The first kappa shape index (κ1) is 20.3. The number of anilines is 1. The Morgan fingerprint density at radius 2 is 1.67 bits per heavy atom. The number of aryl methyl sites for hydroxylation is 1. The Morgan fingerprint density at radius 1 is 0.933 bits per heavy atom. The highest BCUT2D eigenvalue weighted by atomic mass is 32.1. The number of nitrogens with one attached hydrogen (secondary N) is 2. The molecule has 0 saturated carbocycles. The number of halogens is 1. The van der Waals surface area contributed by atoms with E-state index in [1.165, 1.54) is 23.5 Å². The van der Waals surface area contributed by atoms with Gasteiger partial charge in [-0.3, -0.25) is 9.59 Å². The average Bonchev–Trinajstić information content (AvgIpc) is 3.12. The van der Waals surface area contributed by atoms with E-state index >= 15 is 0 Å². The molecule has 4 rings (SSSR count). The van der Waals surface area contributed by atoms with Gasteiger partial charge in [-0.15, -0.1) is 11.3 Å². The molecule has 4 nitrogen and oxygen atoms in total. The molecule has 0 saturated heterocycles. The summed E-state index contributed by atoms with van der Waals surface area (Å²) < 4.78 is 14.0. The topological polar surface area (TPSA) is 58.2 Å². The van der Waals surface area contributed by atoms with E-state index < -0.39 is 11.7 Å². The van der Waals surface area contributed by atoms with Gasteiger partial charge in [-0.1, -0.05) is 42.5 Å². The molecule has 6 heteroatoms. The van der Waals surface area contributed by atoms with Crippen molar-refractivity contribution in [3.63, 3.8) is 0 Å². The van der Waals surface area contributed by atoms with Crippen molar-refractivity contribution in [2.75, 3.05) is 11.9 Å².